The third kappa shape index (κ3) is 2.94. The number of nitrogens with zero attached hydrogens (tertiary/aromatic N) is 2. The lowest BCUT2D eigenvalue weighted by molar-refractivity contribution is -0.125. The van der Waals surface area contributed by atoms with Crippen molar-refractivity contribution in [3.05, 3.63) is 53.5 Å². The number of anilines is 1. The van der Waals surface area contributed by atoms with Gasteiger partial charge in [0, 0.05) is 19.3 Å². The Bertz CT molecular complexity index is 875. The number of hydrogen-bond donors (Lipinski definition) is 0. The number of esters is 1. The van der Waals surface area contributed by atoms with Crippen LogP contribution in [0.5, 0.6) is 0 Å². The summed E-state index contributed by atoms with van der Waals surface area (Å²) in [6.45, 7) is 4.21. The fraction of sp³-hybridized carbons (Fsp3) is 0.429. The van der Waals surface area contributed by atoms with Crippen molar-refractivity contribution < 1.29 is 18.7 Å². The largest absolute Gasteiger partial charge is 0.460 e. The molecule has 142 valence electrons. The average molecular weight is 368 g/mol. The van der Waals surface area contributed by atoms with Gasteiger partial charge in [-0.3, -0.25) is 9.69 Å². The number of ether oxygens (including phenoxy) is 1. The fourth-order valence-corrected chi connectivity index (χ4v) is 4.39. The van der Waals surface area contributed by atoms with Crippen molar-refractivity contribution in [3.63, 3.8) is 0 Å². The Labute approximate surface area is 158 Å². The van der Waals surface area contributed by atoms with Crippen molar-refractivity contribution in [3.8, 4) is 0 Å². The van der Waals surface area contributed by atoms with Gasteiger partial charge in [0.25, 0.3) is 0 Å². The predicted molar refractivity (Wildman–Crippen MR) is 101 cm³/mol. The van der Waals surface area contributed by atoms with E-state index in [1.807, 2.05) is 31.3 Å². The number of hydrogen-bond acceptors (Lipinski definition) is 5. The number of carbonyl (C=O) groups is 2. The summed E-state index contributed by atoms with van der Waals surface area (Å²) in [4.78, 5) is 28.9. The van der Waals surface area contributed by atoms with E-state index in [9.17, 15) is 9.59 Å². The summed E-state index contributed by atoms with van der Waals surface area (Å²) in [7, 11) is 1.85. The van der Waals surface area contributed by atoms with E-state index in [-0.39, 0.29) is 11.7 Å². The van der Waals surface area contributed by atoms with Gasteiger partial charge in [0.1, 0.15) is 5.76 Å². The van der Waals surface area contributed by atoms with Gasteiger partial charge in [-0.2, -0.15) is 0 Å². The van der Waals surface area contributed by atoms with Crippen LogP contribution in [0.2, 0.25) is 0 Å². The first kappa shape index (κ1) is 17.8. The zero-order valence-corrected chi connectivity index (χ0v) is 15.7. The van der Waals surface area contributed by atoms with Crippen LogP contribution in [0, 0.1) is 0 Å². The van der Waals surface area contributed by atoms with E-state index < -0.39 is 11.4 Å². The lowest BCUT2D eigenvalue weighted by Crippen LogP contribution is -2.51. The van der Waals surface area contributed by atoms with Gasteiger partial charge in [0.2, 0.25) is 11.7 Å². The maximum atomic E-state index is 13.1. The molecule has 1 saturated heterocycles. The highest BCUT2D eigenvalue weighted by atomic mass is 16.5. The van der Waals surface area contributed by atoms with Crippen LogP contribution in [-0.2, 0) is 21.5 Å². The molecule has 3 heterocycles. The summed E-state index contributed by atoms with van der Waals surface area (Å²) < 4.78 is 10.6. The van der Waals surface area contributed by atoms with E-state index >= 15 is 0 Å². The standard InChI is InChI=1S/C21H24N2O4/c1-3-26-19(24)18-10-9-15(27-18)13-23-12-6-11-21(14-23)16-7-4-5-8-17(16)22(2)20(21)25/h4-5,7-10H,3,6,11-14H2,1-2H3/t21-/m0/s1. The Morgan fingerprint density at radius 3 is 2.89 bits per heavy atom. The van der Waals surface area contributed by atoms with Gasteiger partial charge in [-0.1, -0.05) is 18.2 Å². The second-order valence-electron chi connectivity index (χ2n) is 7.26. The first-order chi connectivity index (χ1) is 13.0. The molecule has 0 aliphatic carbocycles. The first-order valence-corrected chi connectivity index (χ1v) is 9.41. The van der Waals surface area contributed by atoms with Crippen molar-refractivity contribution in [2.24, 2.45) is 0 Å². The van der Waals surface area contributed by atoms with Crippen LogP contribution in [0.15, 0.2) is 40.8 Å². The molecule has 2 aliphatic heterocycles. The second kappa shape index (κ2) is 6.85. The minimum absolute atomic E-state index is 0.167. The Morgan fingerprint density at radius 2 is 2.07 bits per heavy atom. The third-order valence-electron chi connectivity index (χ3n) is 5.58. The average Bonchev–Trinajstić information content (AvgIpc) is 3.22. The molecule has 0 unspecified atom stereocenters. The molecule has 6 nitrogen and oxygen atoms in total. The van der Waals surface area contributed by atoms with Crippen LogP contribution >= 0.6 is 0 Å². The molecule has 2 aliphatic rings. The van der Waals surface area contributed by atoms with Crippen molar-refractivity contribution >= 4 is 17.6 Å². The number of carbonyl (C=O) groups excluding carboxylic acids is 2. The van der Waals surface area contributed by atoms with Crippen molar-refractivity contribution in [2.45, 2.75) is 31.7 Å². The Balaban J connectivity index is 1.54. The highest BCUT2D eigenvalue weighted by Crippen LogP contribution is 2.46. The van der Waals surface area contributed by atoms with E-state index in [2.05, 4.69) is 11.0 Å². The van der Waals surface area contributed by atoms with Gasteiger partial charge in [0.05, 0.1) is 18.6 Å². The summed E-state index contributed by atoms with van der Waals surface area (Å²) in [5, 5.41) is 0. The number of likely N-dealkylation sites (tertiary alicyclic amines) is 1. The third-order valence-corrected chi connectivity index (χ3v) is 5.58. The van der Waals surface area contributed by atoms with Gasteiger partial charge < -0.3 is 14.1 Å². The molecule has 1 fully saturated rings. The topological polar surface area (TPSA) is 63.0 Å². The predicted octanol–water partition coefficient (Wildman–Crippen LogP) is 2.97. The highest BCUT2D eigenvalue weighted by Gasteiger charge is 2.51. The molecule has 1 aromatic heterocycles. The molecule has 6 heteroatoms. The van der Waals surface area contributed by atoms with Crippen molar-refractivity contribution in [1.82, 2.24) is 4.90 Å². The van der Waals surface area contributed by atoms with Gasteiger partial charge in [-0.15, -0.1) is 0 Å². The van der Waals surface area contributed by atoms with E-state index in [1.165, 1.54) is 0 Å². The van der Waals surface area contributed by atoms with Crippen LogP contribution < -0.4 is 4.90 Å². The molecule has 1 spiro atoms. The Morgan fingerprint density at radius 1 is 1.26 bits per heavy atom. The lowest BCUT2D eigenvalue weighted by Gasteiger charge is -2.39. The molecule has 2 aromatic rings. The van der Waals surface area contributed by atoms with Gasteiger partial charge in [-0.05, 0) is 50.1 Å². The van der Waals surface area contributed by atoms with Gasteiger partial charge in [-0.25, -0.2) is 4.79 Å². The summed E-state index contributed by atoms with van der Waals surface area (Å²) in [6.07, 6.45) is 1.80. The molecule has 1 aromatic carbocycles. The number of benzene rings is 1. The Kier molecular flexibility index (Phi) is 4.52. The van der Waals surface area contributed by atoms with E-state index in [0.717, 1.165) is 30.6 Å². The molecule has 0 N–H and O–H groups in total. The minimum atomic E-state index is -0.486. The van der Waals surface area contributed by atoms with Gasteiger partial charge in [0.15, 0.2) is 0 Å². The molecule has 4 rings (SSSR count). The molecule has 1 amide bonds. The lowest BCUT2D eigenvalue weighted by atomic mass is 9.75. The number of piperidine rings is 1. The van der Waals surface area contributed by atoms with E-state index in [4.69, 9.17) is 9.15 Å². The quantitative estimate of drug-likeness (QED) is 0.777. The maximum Gasteiger partial charge on any atom is 0.374 e. The van der Waals surface area contributed by atoms with Crippen LogP contribution in [0.3, 0.4) is 0 Å². The summed E-state index contributed by atoms with van der Waals surface area (Å²) in [5.74, 6) is 0.656. The number of furan rings is 1. The number of para-hydroxylation sites is 1. The summed E-state index contributed by atoms with van der Waals surface area (Å²) in [5.41, 5.74) is 1.64. The molecule has 1 atom stereocenters. The second-order valence-corrected chi connectivity index (χ2v) is 7.26. The first-order valence-electron chi connectivity index (χ1n) is 9.41. The van der Waals surface area contributed by atoms with Crippen LogP contribution in [-0.4, -0.2) is 43.5 Å². The molecular formula is C21H24N2O4. The summed E-state index contributed by atoms with van der Waals surface area (Å²) in [6, 6.07) is 11.5. The number of likely N-dealkylation sites (N-methyl/N-ethyl adjacent to an activating group) is 1. The van der Waals surface area contributed by atoms with Crippen LogP contribution in [0.25, 0.3) is 0 Å². The number of fused-ring (bicyclic) bond motifs is 2. The molecule has 27 heavy (non-hydrogen) atoms. The zero-order valence-electron chi connectivity index (χ0n) is 15.7. The normalized spacial score (nSPS) is 22.3. The monoisotopic (exact) mass is 368 g/mol. The van der Waals surface area contributed by atoms with Crippen LogP contribution in [0.1, 0.15) is 41.6 Å². The summed E-state index contributed by atoms with van der Waals surface area (Å²) >= 11 is 0. The van der Waals surface area contributed by atoms with Crippen LogP contribution in [0.4, 0.5) is 5.69 Å². The SMILES string of the molecule is CCOC(=O)c1ccc(CN2CCC[C@@]3(C2)C(=O)N(C)c2ccccc23)o1. The van der Waals surface area contributed by atoms with Crippen molar-refractivity contribution in [2.75, 3.05) is 31.6 Å². The molecule has 0 radical (unpaired) electrons. The Hall–Kier alpha value is -2.60. The molecule has 0 bridgehead atoms. The molecular weight excluding hydrogens is 344 g/mol. The maximum absolute atomic E-state index is 13.1. The van der Waals surface area contributed by atoms with Gasteiger partial charge >= 0.3 is 5.97 Å². The number of rotatable bonds is 4. The molecule has 0 saturated carbocycles. The highest BCUT2D eigenvalue weighted by molar-refractivity contribution is 6.08. The smallest absolute Gasteiger partial charge is 0.374 e. The fourth-order valence-electron chi connectivity index (χ4n) is 4.39. The number of amides is 1. The van der Waals surface area contributed by atoms with E-state index in [0.29, 0.717) is 25.5 Å². The zero-order chi connectivity index (χ0) is 19.0. The van der Waals surface area contributed by atoms with E-state index in [1.54, 1.807) is 17.9 Å². The van der Waals surface area contributed by atoms with Crippen molar-refractivity contribution in [1.29, 1.82) is 0 Å². The minimum Gasteiger partial charge on any atom is -0.460 e.